The maximum atomic E-state index is 12.2. The van der Waals surface area contributed by atoms with E-state index in [0.29, 0.717) is 19.1 Å². The standard InChI is InChI=1S/C15H26N2O3/c1-3-4-10-20-11-9-17-14(19)16-13(18)15(17)7-5-12(2)6-8-15/h12H,3-11H2,1-2H3,(H,16,18,19). The quantitative estimate of drug-likeness (QED) is 0.601. The highest BCUT2D eigenvalue weighted by Gasteiger charge is 2.53. The zero-order valence-electron chi connectivity index (χ0n) is 12.6. The summed E-state index contributed by atoms with van der Waals surface area (Å²) in [5.41, 5.74) is -0.599. The zero-order chi connectivity index (χ0) is 14.6. The number of nitrogens with zero attached hydrogens (tertiary/aromatic N) is 1. The molecule has 1 saturated carbocycles. The monoisotopic (exact) mass is 282 g/mol. The molecule has 2 aliphatic rings. The predicted molar refractivity (Wildman–Crippen MR) is 76.3 cm³/mol. The molecular formula is C15H26N2O3. The van der Waals surface area contributed by atoms with Crippen LogP contribution in [0.2, 0.25) is 0 Å². The van der Waals surface area contributed by atoms with Crippen molar-refractivity contribution in [2.24, 2.45) is 5.92 Å². The molecule has 1 aliphatic carbocycles. The Morgan fingerprint density at radius 1 is 1.30 bits per heavy atom. The molecule has 0 atom stereocenters. The maximum Gasteiger partial charge on any atom is 0.325 e. The van der Waals surface area contributed by atoms with Crippen molar-refractivity contribution in [3.05, 3.63) is 0 Å². The predicted octanol–water partition coefficient (Wildman–Crippen LogP) is 2.30. The summed E-state index contributed by atoms with van der Waals surface area (Å²) in [6, 6.07) is -0.247. The van der Waals surface area contributed by atoms with Gasteiger partial charge in [0.1, 0.15) is 5.54 Å². The lowest BCUT2D eigenvalue weighted by Crippen LogP contribution is -2.52. The summed E-state index contributed by atoms with van der Waals surface area (Å²) in [4.78, 5) is 25.9. The molecule has 0 aromatic heterocycles. The Balaban J connectivity index is 1.94. The summed E-state index contributed by atoms with van der Waals surface area (Å²) in [5, 5.41) is 2.49. The largest absolute Gasteiger partial charge is 0.380 e. The Morgan fingerprint density at radius 2 is 2.00 bits per heavy atom. The van der Waals surface area contributed by atoms with Crippen molar-refractivity contribution in [1.82, 2.24) is 10.2 Å². The highest BCUT2D eigenvalue weighted by Crippen LogP contribution is 2.39. The number of amides is 3. The van der Waals surface area contributed by atoms with Gasteiger partial charge >= 0.3 is 6.03 Å². The molecule has 1 N–H and O–H groups in total. The van der Waals surface area contributed by atoms with Crippen LogP contribution < -0.4 is 5.32 Å². The number of imide groups is 1. The second kappa shape index (κ2) is 6.57. The molecule has 0 aromatic rings. The maximum absolute atomic E-state index is 12.2. The van der Waals surface area contributed by atoms with E-state index in [9.17, 15) is 9.59 Å². The van der Waals surface area contributed by atoms with Gasteiger partial charge in [-0.3, -0.25) is 10.1 Å². The van der Waals surface area contributed by atoms with Crippen molar-refractivity contribution in [1.29, 1.82) is 0 Å². The first-order valence-corrected chi connectivity index (χ1v) is 7.81. The van der Waals surface area contributed by atoms with E-state index in [1.165, 1.54) is 0 Å². The summed E-state index contributed by atoms with van der Waals surface area (Å²) in [5.74, 6) is 0.537. The molecule has 5 heteroatoms. The minimum absolute atomic E-state index is 0.108. The average molecular weight is 282 g/mol. The zero-order valence-corrected chi connectivity index (χ0v) is 12.6. The lowest BCUT2D eigenvalue weighted by atomic mass is 9.76. The third-order valence-corrected chi connectivity index (χ3v) is 4.61. The van der Waals surface area contributed by atoms with Gasteiger partial charge in [-0.2, -0.15) is 0 Å². The van der Waals surface area contributed by atoms with Gasteiger partial charge in [0.25, 0.3) is 5.91 Å². The molecule has 0 unspecified atom stereocenters. The smallest absolute Gasteiger partial charge is 0.325 e. The molecule has 1 heterocycles. The van der Waals surface area contributed by atoms with E-state index in [-0.39, 0.29) is 11.9 Å². The normalized spacial score (nSPS) is 30.1. The molecule has 0 radical (unpaired) electrons. The number of urea groups is 1. The summed E-state index contributed by atoms with van der Waals surface area (Å²) < 4.78 is 5.54. The van der Waals surface area contributed by atoms with Crippen molar-refractivity contribution >= 4 is 11.9 Å². The summed E-state index contributed by atoms with van der Waals surface area (Å²) in [7, 11) is 0. The molecule has 3 amide bonds. The van der Waals surface area contributed by atoms with Gasteiger partial charge in [-0.1, -0.05) is 20.3 Å². The van der Waals surface area contributed by atoms with Crippen molar-refractivity contribution in [3.63, 3.8) is 0 Å². The average Bonchev–Trinajstić information content (AvgIpc) is 2.65. The number of carbonyl (C=O) groups is 2. The highest BCUT2D eigenvalue weighted by molar-refractivity contribution is 6.07. The van der Waals surface area contributed by atoms with E-state index in [4.69, 9.17) is 4.74 Å². The highest BCUT2D eigenvalue weighted by atomic mass is 16.5. The fourth-order valence-corrected chi connectivity index (χ4v) is 3.15. The van der Waals surface area contributed by atoms with Crippen LogP contribution in [0, 0.1) is 5.92 Å². The van der Waals surface area contributed by atoms with Gasteiger partial charge in [-0.15, -0.1) is 0 Å². The van der Waals surface area contributed by atoms with Gasteiger partial charge in [0.05, 0.1) is 6.61 Å². The number of hydrogen-bond donors (Lipinski definition) is 1. The van der Waals surface area contributed by atoms with Crippen molar-refractivity contribution in [2.75, 3.05) is 19.8 Å². The van der Waals surface area contributed by atoms with Gasteiger partial charge in [0, 0.05) is 13.2 Å². The molecule has 0 bridgehead atoms. The number of carbonyl (C=O) groups excluding carboxylic acids is 2. The van der Waals surface area contributed by atoms with Crippen LogP contribution in [0.15, 0.2) is 0 Å². The Labute approximate surface area is 121 Å². The molecule has 0 aromatic carbocycles. The number of unbranched alkanes of at least 4 members (excludes halogenated alkanes) is 1. The number of rotatable bonds is 6. The van der Waals surface area contributed by atoms with E-state index in [2.05, 4.69) is 19.2 Å². The third-order valence-electron chi connectivity index (χ3n) is 4.61. The topological polar surface area (TPSA) is 58.6 Å². The fourth-order valence-electron chi connectivity index (χ4n) is 3.15. The van der Waals surface area contributed by atoms with E-state index >= 15 is 0 Å². The second-order valence-corrected chi connectivity index (χ2v) is 6.09. The molecule has 1 aliphatic heterocycles. The molecule has 2 rings (SSSR count). The van der Waals surface area contributed by atoms with Crippen LogP contribution in [0.3, 0.4) is 0 Å². The van der Waals surface area contributed by atoms with Crippen molar-refractivity contribution < 1.29 is 14.3 Å². The van der Waals surface area contributed by atoms with Crippen LogP contribution in [0.25, 0.3) is 0 Å². The van der Waals surface area contributed by atoms with Gasteiger partial charge in [0.2, 0.25) is 0 Å². The molecule has 5 nitrogen and oxygen atoms in total. The first-order chi connectivity index (χ1) is 9.60. The summed E-state index contributed by atoms with van der Waals surface area (Å²) in [6.45, 7) is 6.07. The van der Waals surface area contributed by atoms with Crippen LogP contribution >= 0.6 is 0 Å². The van der Waals surface area contributed by atoms with E-state index in [1.54, 1.807) is 4.90 Å². The molecule has 114 valence electrons. The number of ether oxygens (including phenoxy) is 1. The lowest BCUT2D eigenvalue weighted by Gasteiger charge is -2.40. The van der Waals surface area contributed by atoms with Gasteiger partial charge < -0.3 is 9.64 Å². The van der Waals surface area contributed by atoms with Crippen LogP contribution in [-0.4, -0.2) is 42.1 Å². The van der Waals surface area contributed by atoms with E-state index in [0.717, 1.165) is 45.1 Å². The van der Waals surface area contributed by atoms with Crippen LogP contribution in [-0.2, 0) is 9.53 Å². The molecule has 2 fully saturated rings. The Hall–Kier alpha value is -1.10. The third kappa shape index (κ3) is 2.97. The Morgan fingerprint density at radius 3 is 2.65 bits per heavy atom. The van der Waals surface area contributed by atoms with E-state index < -0.39 is 5.54 Å². The molecule has 1 saturated heterocycles. The minimum atomic E-state index is -0.599. The molecule has 20 heavy (non-hydrogen) atoms. The number of hydrogen-bond acceptors (Lipinski definition) is 3. The molecular weight excluding hydrogens is 256 g/mol. The van der Waals surface area contributed by atoms with Crippen LogP contribution in [0.1, 0.15) is 52.4 Å². The fraction of sp³-hybridized carbons (Fsp3) is 0.867. The Bertz CT molecular complexity index is 362. The first-order valence-electron chi connectivity index (χ1n) is 7.81. The van der Waals surface area contributed by atoms with Crippen molar-refractivity contribution in [3.8, 4) is 0 Å². The van der Waals surface area contributed by atoms with Crippen LogP contribution in [0.5, 0.6) is 0 Å². The van der Waals surface area contributed by atoms with E-state index in [1.807, 2.05) is 0 Å². The van der Waals surface area contributed by atoms with Crippen molar-refractivity contribution in [2.45, 2.75) is 57.9 Å². The first kappa shape index (κ1) is 15.3. The SMILES string of the molecule is CCCCOCCN1C(=O)NC(=O)C12CCC(C)CC2. The summed E-state index contributed by atoms with van der Waals surface area (Å²) in [6.07, 6.45) is 5.71. The minimum Gasteiger partial charge on any atom is -0.380 e. The van der Waals surface area contributed by atoms with Gasteiger partial charge in [0.15, 0.2) is 0 Å². The second-order valence-electron chi connectivity index (χ2n) is 6.09. The Kier molecular flexibility index (Phi) is 5.02. The number of nitrogens with one attached hydrogen (secondary N) is 1. The molecule has 1 spiro atoms. The lowest BCUT2D eigenvalue weighted by molar-refractivity contribution is -0.128. The van der Waals surface area contributed by atoms with Gasteiger partial charge in [-0.25, -0.2) is 4.79 Å². The summed E-state index contributed by atoms with van der Waals surface area (Å²) >= 11 is 0. The van der Waals surface area contributed by atoms with Gasteiger partial charge in [-0.05, 0) is 38.0 Å². The van der Waals surface area contributed by atoms with Crippen LogP contribution in [0.4, 0.5) is 4.79 Å².